The number of halogens is 3. The Labute approximate surface area is 69.8 Å². The Bertz CT molecular complexity index is 220. The molecule has 0 nitrogen and oxygen atoms in total. The van der Waals surface area contributed by atoms with Crippen LogP contribution < -0.4 is 0 Å². The van der Waals surface area contributed by atoms with E-state index in [0.29, 0.717) is 18.4 Å². The number of allylic oxidation sites excluding steroid dienone is 4. The highest BCUT2D eigenvalue weighted by Gasteiger charge is 2.35. The molecule has 0 aromatic heterocycles. The summed E-state index contributed by atoms with van der Waals surface area (Å²) in [7, 11) is 0. The largest absolute Gasteiger partial charge is 0.412 e. The van der Waals surface area contributed by atoms with Crippen molar-refractivity contribution in [3.63, 3.8) is 0 Å². The first kappa shape index (κ1) is 9.36. The van der Waals surface area contributed by atoms with Crippen LogP contribution in [0.2, 0.25) is 0 Å². The zero-order valence-corrected chi connectivity index (χ0v) is 6.91. The summed E-state index contributed by atoms with van der Waals surface area (Å²) in [6, 6.07) is 0. The van der Waals surface area contributed by atoms with E-state index in [1.807, 2.05) is 0 Å². The van der Waals surface area contributed by atoms with Gasteiger partial charge in [-0.2, -0.15) is 13.2 Å². The van der Waals surface area contributed by atoms with Crippen LogP contribution in [-0.4, -0.2) is 6.18 Å². The quantitative estimate of drug-likeness (QED) is 0.572. The van der Waals surface area contributed by atoms with Gasteiger partial charge >= 0.3 is 6.18 Å². The average Bonchev–Trinajstić information content (AvgIpc) is 2.03. The van der Waals surface area contributed by atoms with Gasteiger partial charge in [-0.25, -0.2) is 0 Å². The van der Waals surface area contributed by atoms with Crippen molar-refractivity contribution in [1.29, 1.82) is 0 Å². The van der Waals surface area contributed by atoms with Crippen molar-refractivity contribution < 1.29 is 13.2 Å². The average molecular weight is 176 g/mol. The van der Waals surface area contributed by atoms with E-state index >= 15 is 0 Å². The third-order valence-corrected chi connectivity index (χ3v) is 1.99. The first-order valence-corrected chi connectivity index (χ1v) is 4.01. The smallest absolute Gasteiger partial charge is 0.166 e. The molecule has 0 unspecified atom stereocenters. The minimum absolute atomic E-state index is 0.142. The van der Waals surface area contributed by atoms with E-state index in [2.05, 4.69) is 0 Å². The van der Waals surface area contributed by atoms with Gasteiger partial charge < -0.3 is 0 Å². The van der Waals surface area contributed by atoms with Crippen LogP contribution in [0.5, 0.6) is 0 Å². The van der Waals surface area contributed by atoms with Crippen molar-refractivity contribution in [3.05, 3.63) is 23.3 Å². The Hall–Kier alpha value is -0.730. The first-order chi connectivity index (χ1) is 5.55. The zero-order valence-electron chi connectivity index (χ0n) is 6.91. The van der Waals surface area contributed by atoms with Crippen molar-refractivity contribution >= 4 is 0 Å². The Morgan fingerprint density at radius 1 is 1.42 bits per heavy atom. The summed E-state index contributed by atoms with van der Waals surface area (Å²) in [6.45, 7) is 1.75. The fourth-order valence-electron chi connectivity index (χ4n) is 1.37. The van der Waals surface area contributed by atoms with Crippen LogP contribution in [0.15, 0.2) is 23.3 Å². The molecule has 0 atom stereocenters. The maximum Gasteiger partial charge on any atom is 0.412 e. The first-order valence-electron chi connectivity index (χ1n) is 4.01. The van der Waals surface area contributed by atoms with E-state index in [0.717, 1.165) is 0 Å². The van der Waals surface area contributed by atoms with E-state index in [4.69, 9.17) is 0 Å². The molecule has 0 amide bonds. The van der Waals surface area contributed by atoms with E-state index in [-0.39, 0.29) is 12.0 Å². The minimum atomic E-state index is -4.13. The van der Waals surface area contributed by atoms with E-state index < -0.39 is 6.18 Å². The summed E-state index contributed by atoms with van der Waals surface area (Å²) in [6.07, 6.45) is 0.378. The predicted octanol–water partition coefficient (Wildman–Crippen LogP) is 3.61. The number of hydrogen-bond donors (Lipinski definition) is 0. The van der Waals surface area contributed by atoms with Gasteiger partial charge in [-0.1, -0.05) is 19.1 Å². The summed E-state index contributed by atoms with van der Waals surface area (Å²) in [4.78, 5) is 0. The van der Waals surface area contributed by atoms with Crippen LogP contribution >= 0.6 is 0 Å². The van der Waals surface area contributed by atoms with Crippen molar-refractivity contribution in [1.82, 2.24) is 0 Å². The van der Waals surface area contributed by atoms with E-state index in [9.17, 15) is 13.2 Å². The molecule has 0 aromatic carbocycles. The maximum absolute atomic E-state index is 12.3. The molecule has 0 radical (unpaired) electrons. The molecule has 1 aliphatic carbocycles. The second-order valence-electron chi connectivity index (χ2n) is 2.80. The second-order valence-corrected chi connectivity index (χ2v) is 2.80. The third-order valence-electron chi connectivity index (χ3n) is 1.99. The third kappa shape index (κ3) is 1.90. The predicted molar refractivity (Wildman–Crippen MR) is 41.7 cm³/mol. The van der Waals surface area contributed by atoms with Crippen LogP contribution in [0, 0.1) is 0 Å². The van der Waals surface area contributed by atoms with Crippen molar-refractivity contribution in [2.24, 2.45) is 0 Å². The molecule has 68 valence electrons. The molecule has 0 saturated carbocycles. The van der Waals surface area contributed by atoms with Gasteiger partial charge in [0.2, 0.25) is 0 Å². The monoisotopic (exact) mass is 176 g/mol. The van der Waals surface area contributed by atoms with Crippen LogP contribution in [0.1, 0.15) is 26.2 Å². The van der Waals surface area contributed by atoms with Gasteiger partial charge in [0.25, 0.3) is 0 Å². The summed E-state index contributed by atoms with van der Waals surface area (Å²) >= 11 is 0. The standard InChI is InChI=1S/C9H11F3/c1-2-7-5-3-4-6-8(7)9(10,11)12/h3,5H,2,4,6H2,1H3. The highest BCUT2D eigenvalue weighted by atomic mass is 19.4. The Kier molecular flexibility index (Phi) is 2.60. The van der Waals surface area contributed by atoms with E-state index in [1.54, 1.807) is 19.1 Å². The van der Waals surface area contributed by atoms with Crippen molar-refractivity contribution in [3.8, 4) is 0 Å². The lowest BCUT2D eigenvalue weighted by Gasteiger charge is -2.17. The van der Waals surface area contributed by atoms with Gasteiger partial charge in [0.1, 0.15) is 0 Å². The van der Waals surface area contributed by atoms with Crippen LogP contribution in [0.3, 0.4) is 0 Å². The van der Waals surface area contributed by atoms with Crippen LogP contribution in [-0.2, 0) is 0 Å². The molecular formula is C9H11F3. The lowest BCUT2D eigenvalue weighted by atomic mass is 9.95. The Balaban J connectivity index is 2.96. The molecule has 0 fully saturated rings. The molecule has 0 saturated heterocycles. The highest BCUT2D eigenvalue weighted by Crippen LogP contribution is 2.35. The second kappa shape index (κ2) is 3.33. The van der Waals surface area contributed by atoms with Gasteiger partial charge in [0, 0.05) is 5.57 Å². The molecule has 12 heavy (non-hydrogen) atoms. The highest BCUT2D eigenvalue weighted by molar-refractivity contribution is 5.31. The Morgan fingerprint density at radius 2 is 2.08 bits per heavy atom. The molecule has 3 heteroatoms. The van der Waals surface area contributed by atoms with Crippen LogP contribution in [0.25, 0.3) is 0 Å². The summed E-state index contributed by atoms with van der Waals surface area (Å²) in [5.74, 6) is 0. The van der Waals surface area contributed by atoms with Gasteiger partial charge in [-0.05, 0) is 24.8 Å². The normalized spacial score (nSPS) is 18.7. The van der Waals surface area contributed by atoms with Crippen molar-refractivity contribution in [2.45, 2.75) is 32.4 Å². The lowest BCUT2D eigenvalue weighted by molar-refractivity contribution is -0.0948. The van der Waals surface area contributed by atoms with Gasteiger partial charge in [-0.15, -0.1) is 0 Å². The van der Waals surface area contributed by atoms with Gasteiger partial charge in [-0.3, -0.25) is 0 Å². The molecular weight excluding hydrogens is 165 g/mol. The number of alkyl halides is 3. The van der Waals surface area contributed by atoms with Crippen LogP contribution in [0.4, 0.5) is 13.2 Å². The summed E-state index contributed by atoms with van der Waals surface area (Å²) in [5, 5.41) is 0. The fourth-order valence-corrected chi connectivity index (χ4v) is 1.37. The molecule has 0 heterocycles. The molecule has 0 bridgehead atoms. The van der Waals surface area contributed by atoms with Crippen molar-refractivity contribution in [2.75, 3.05) is 0 Å². The molecule has 0 N–H and O–H groups in total. The summed E-state index contributed by atoms with van der Waals surface area (Å²) < 4.78 is 36.9. The lowest BCUT2D eigenvalue weighted by Crippen LogP contribution is -2.15. The molecule has 0 aromatic rings. The molecule has 1 aliphatic rings. The minimum Gasteiger partial charge on any atom is -0.166 e. The van der Waals surface area contributed by atoms with E-state index in [1.165, 1.54) is 0 Å². The molecule has 1 rings (SSSR count). The molecule has 0 aliphatic heterocycles. The summed E-state index contributed by atoms with van der Waals surface area (Å²) in [5.41, 5.74) is 0.0984. The topological polar surface area (TPSA) is 0 Å². The van der Waals surface area contributed by atoms with Gasteiger partial charge in [0.05, 0.1) is 0 Å². The Morgan fingerprint density at radius 3 is 2.50 bits per heavy atom. The number of hydrogen-bond acceptors (Lipinski definition) is 0. The zero-order chi connectivity index (χ0) is 9.19. The fraction of sp³-hybridized carbons (Fsp3) is 0.556. The van der Waals surface area contributed by atoms with Gasteiger partial charge in [0.15, 0.2) is 0 Å². The number of rotatable bonds is 1. The maximum atomic E-state index is 12.3. The molecule has 0 spiro atoms. The SMILES string of the molecule is CCC1=C(C(F)(F)F)CCC=C1.